The molecule has 1 amide bonds. The minimum Gasteiger partial charge on any atom is -0.389 e. The Kier molecular flexibility index (Phi) is 6.27. The maximum absolute atomic E-state index is 13.5. The van der Waals surface area contributed by atoms with E-state index in [2.05, 4.69) is 5.32 Å². The van der Waals surface area contributed by atoms with Crippen molar-refractivity contribution in [2.24, 2.45) is 0 Å². The van der Waals surface area contributed by atoms with E-state index in [1.54, 1.807) is 6.92 Å². The molecule has 0 aliphatic heterocycles. The largest absolute Gasteiger partial charge is 0.389 e. The van der Waals surface area contributed by atoms with Crippen LogP contribution in [0.2, 0.25) is 0 Å². The third kappa shape index (κ3) is 5.07. The highest BCUT2D eigenvalue weighted by Crippen LogP contribution is 2.18. The third-order valence-corrected chi connectivity index (χ3v) is 2.57. The van der Waals surface area contributed by atoms with E-state index < -0.39 is 23.6 Å². The van der Waals surface area contributed by atoms with Crippen molar-refractivity contribution < 1.29 is 23.4 Å². The summed E-state index contributed by atoms with van der Waals surface area (Å²) in [7, 11) is 1.44. The van der Waals surface area contributed by atoms with Crippen molar-refractivity contribution in [3.63, 3.8) is 0 Å². The van der Waals surface area contributed by atoms with Crippen LogP contribution >= 0.6 is 0 Å². The van der Waals surface area contributed by atoms with Crippen LogP contribution < -0.4 is 5.32 Å². The monoisotopic (exact) mass is 285 g/mol. The van der Waals surface area contributed by atoms with Gasteiger partial charge in [-0.1, -0.05) is 0 Å². The molecule has 110 valence electrons. The van der Waals surface area contributed by atoms with Gasteiger partial charge in [-0.05, 0) is 24.6 Å². The molecule has 0 saturated heterocycles. The Labute approximate surface area is 116 Å². The molecule has 1 atom stereocenters. The van der Waals surface area contributed by atoms with Crippen molar-refractivity contribution in [2.75, 3.05) is 20.3 Å². The smallest absolute Gasteiger partial charge is 0.244 e. The Morgan fingerprint density at radius 3 is 2.80 bits per heavy atom. The summed E-state index contributed by atoms with van der Waals surface area (Å²) < 4.78 is 31.0. The minimum absolute atomic E-state index is 0.0301. The van der Waals surface area contributed by atoms with Crippen molar-refractivity contribution in [2.45, 2.75) is 13.0 Å². The molecule has 2 N–H and O–H groups in total. The van der Waals surface area contributed by atoms with Gasteiger partial charge < -0.3 is 15.2 Å². The Hall–Kier alpha value is -1.79. The van der Waals surface area contributed by atoms with E-state index >= 15 is 0 Å². The standard InChI is InChI=1S/C14H17F2NO3/c1-9(12-4-3-10(15)6-13(12)16)5-14(19)17-7-11(18)8-20-2/h3-6,11,18H,7-8H2,1-2H3,(H,17,19)/b9-5-. The fourth-order valence-electron chi connectivity index (χ4n) is 1.60. The van der Waals surface area contributed by atoms with Gasteiger partial charge in [0.15, 0.2) is 0 Å². The normalized spacial score (nSPS) is 13.2. The number of methoxy groups -OCH3 is 1. The molecule has 6 heteroatoms. The lowest BCUT2D eigenvalue weighted by Gasteiger charge is -2.10. The van der Waals surface area contributed by atoms with Crippen LogP contribution in [0.4, 0.5) is 8.78 Å². The lowest BCUT2D eigenvalue weighted by molar-refractivity contribution is -0.117. The fourth-order valence-corrected chi connectivity index (χ4v) is 1.60. The Morgan fingerprint density at radius 2 is 2.20 bits per heavy atom. The van der Waals surface area contributed by atoms with E-state index in [4.69, 9.17) is 4.74 Å². The number of hydrogen-bond acceptors (Lipinski definition) is 3. The topological polar surface area (TPSA) is 58.6 Å². The summed E-state index contributed by atoms with van der Waals surface area (Å²) in [5.74, 6) is -1.88. The van der Waals surface area contributed by atoms with Crippen molar-refractivity contribution in [3.05, 3.63) is 41.5 Å². The Balaban J connectivity index is 2.66. The summed E-state index contributed by atoms with van der Waals surface area (Å²) >= 11 is 0. The van der Waals surface area contributed by atoms with Gasteiger partial charge in [-0.25, -0.2) is 8.78 Å². The van der Waals surface area contributed by atoms with Gasteiger partial charge in [-0.2, -0.15) is 0 Å². The zero-order chi connectivity index (χ0) is 15.1. The first-order chi connectivity index (χ1) is 9.43. The molecule has 0 saturated carbocycles. The second-order valence-electron chi connectivity index (χ2n) is 4.31. The first-order valence-electron chi connectivity index (χ1n) is 6.02. The van der Waals surface area contributed by atoms with Crippen LogP contribution in [-0.2, 0) is 9.53 Å². The molecule has 0 aliphatic rings. The van der Waals surface area contributed by atoms with Crippen LogP contribution in [0, 0.1) is 11.6 Å². The van der Waals surface area contributed by atoms with E-state index in [1.807, 2.05) is 0 Å². The fraction of sp³-hybridized carbons (Fsp3) is 0.357. The Bertz CT molecular complexity index is 503. The van der Waals surface area contributed by atoms with Gasteiger partial charge in [0.25, 0.3) is 0 Å². The van der Waals surface area contributed by atoms with Crippen LogP contribution in [0.3, 0.4) is 0 Å². The number of aliphatic hydroxyl groups excluding tert-OH is 1. The van der Waals surface area contributed by atoms with Crippen molar-refractivity contribution in [1.82, 2.24) is 5.32 Å². The zero-order valence-electron chi connectivity index (χ0n) is 11.3. The van der Waals surface area contributed by atoms with Gasteiger partial charge in [0.05, 0.1) is 12.7 Å². The van der Waals surface area contributed by atoms with Crippen LogP contribution in [0.25, 0.3) is 5.57 Å². The molecule has 0 aliphatic carbocycles. The maximum atomic E-state index is 13.5. The summed E-state index contributed by atoms with van der Waals surface area (Å²) in [6, 6.07) is 3.15. The molecule has 1 unspecified atom stereocenters. The number of nitrogens with one attached hydrogen (secondary N) is 1. The number of benzene rings is 1. The summed E-state index contributed by atoms with van der Waals surface area (Å²) in [5.41, 5.74) is 0.514. The average molecular weight is 285 g/mol. The summed E-state index contributed by atoms with van der Waals surface area (Å²) in [6.07, 6.45) is 0.385. The molecule has 1 aromatic carbocycles. The minimum atomic E-state index is -0.805. The molecular formula is C14H17F2NO3. The average Bonchev–Trinajstić information content (AvgIpc) is 2.36. The van der Waals surface area contributed by atoms with E-state index in [1.165, 1.54) is 19.3 Å². The molecule has 0 bridgehead atoms. The molecule has 1 aromatic rings. The molecule has 0 spiro atoms. The zero-order valence-corrected chi connectivity index (χ0v) is 11.3. The van der Waals surface area contributed by atoms with Gasteiger partial charge >= 0.3 is 0 Å². The number of hydrogen-bond donors (Lipinski definition) is 2. The highest BCUT2D eigenvalue weighted by Gasteiger charge is 2.08. The maximum Gasteiger partial charge on any atom is 0.244 e. The van der Waals surface area contributed by atoms with Crippen molar-refractivity contribution in [3.8, 4) is 0 Å². The van der Waals surface area contributed by atoms with Gasteiger partial charge in [0, 0.05) is 31.4 Å². The SMILES string of the molecule is COCC(O)CNC(=O)/C=C(/C)c1ccc(F)cc1F. The van der Waals surface area contributed by atoms with E-state index in [0.717, 1.165) is 12.1 Å². The molecule has 0 radical (unpaired) electrons. The molecular weight excluding hydrogens is 268 g/mol. The van der Waals surface area contributed by atoms with Crippen LogP contribution in [0.15, 0.2) is 24.3 Å². The quantitative estimate of drug-likeness (QED) is 0.779. The number of amides is 1. The summed E-state index contributed by atoms with van der Waals surface area (Å²) in [6.45, 7) is 1.68. The molecule has 0 heterocycles. The highest BCUT2D eigenvalue weighted by atomic mass is 19.1. The second-order valence-corrected chi connectivity index (χ2v) is 4.31. The van der Waals surface area contributed by atoms with Gasteiger partial charge in [0.1, 0.15) is 11.6 Å². The molecule has 0 aromatic heterocycles. The number of ether oxygens (including phenoxy) is 1. The van der Waals surface area contributed by atoms with Crippen LogP contribution in [0.5, 0.6) is 0 Å². The first kappa shape index (κ1) is 16.3. The lowest BCUT2D eigenvalue weighted by atomic mass is 10.1. The van der Waals surface area contributed by atoms with Gasteiger partial charge in [0.2, 0.25) is 5.91 Å². The van der Waals surface area contributed by atoms with E-state index in [-0.39, 0.29) is 18.7 Å². The van der Waals surface area contributed by atoms with Crippen molar-refractivity contribution >= 4 is 11.5 Å². The number of aliphatic hydroxyl groups is 1. The summed E-state index contributed by atoms with van der Waals surface area (Å²) in [5, 5.41) is 11.8. The van der Waals surface area contributed by atoms with Gasteiger partial charge in [-0.3, -0.25) is 4.79 Å². The molecule has 1 rings (SSSR count). The Morgan fingerprint density at radius 1 is 1.50 bits per heavy atom. The van der Waals surface area contributed by atoms with E-state index in [0.29, 0.717) is 5.57 Å². The summed E-state index contributed by atoms with van der Waals surface area (Å²) in [4.78, 5) is 11.6. The number of halogens is 2. The van der Waals surface area contributed by atoms with Crippen molar-refractivity contribution in [1.29, 1.82) is 0 Å². The molecule has 0 fully saturated rings. The predicted octanol–water partition coefficient (Wildman–Crippen LogP) is 1.49. The number of carbonyl (C=O) groups excluding carboxylic acids is 1. The molecule has 4 nitrogen and oxygen atoms in total. The van der Waals surface area contributed by atoms with Gasteiger partial charge in [-0.15, -0.1) is 0 Å². The van der Waals surface area contributed by atoms with Crippen LogP contribution in [0.1, 0.15) is 12.5 Å². The number of carbonyl (C=O) groups is 1. The second kappa shape index (κ2) is 7.72. The molecule has 20 heavy (non-hydrogen) atoms. The first-order valence-corrected chi connectivity index (χ1v) is 6.02. The highest BCUT2D eigenvalue weighted by molar-refractivity contribution is 5.94. The lowest BCUT2D eigenvalue weighted by Crippen LogP contribution is -2.33. The van der Waals surface area contributed by atoms with E-state index in [9.17, 15) is 18.7 Å². The predicted molar refractivity (Wildman–Crippen MR) is 70.9 cm³/mol. The third-order valence-electron chi connectivity index (χ3n) is 2.57. The van der Waals surface area contributed by atoms with Crippen LogP contribution in [-0.4, -0.2) is 37.4 Å². The number of rotatable bonds is 6. The number of allylic oxidation sites excluding steroid dienone is 1.